The van der Waals surface area contributed by atoms with Crippen LogP contribution in [0.15, 0.2) is 59.5 Å². The second kappa shape index (κ2) is 8.86. The number of rotatable bonds is 5. The molecule has 6 nitrogen and oxygen atoms in total. The first-order valence-corrected chi connectivity index (χ1v) is 12.2. The lowest BCUT2D eigenvalue weighted by molar-refractivity contribution is -0.120. The highest BCUT2D eigenvalue weighted by atomic mass is 32.2. The maximum Gasteiger partial charge on any atom is 0.243 e. The molecule has 0 saturated carbocycles. The molecule has 1 N–H and O–H groups in total. The Hall–Kier alpha value is -2.62. The molecule has 1 aliphatic rings. The molecule has 1 fully saturated rings. The van der Waals surface area contributed by atoms with Crippen LogP contribution in [0.3, 0.4) is 0 Å². The predicted octanol–water partition coefficient (Wildman–Crippen LogP) is 4.30. The Labute approximate surface area is 184 Å². The Morgan fingerprint density at radius 3 is 2.39 bits per heavy atom. The van der Waals surface area contributed by atoms with Crippen LogP contribution in [0, 0.1) is 18.7 Å². The fourth-order valence-corrected chi connectivity index (χ4v) is 5.96. The summed E-state index contributed by atoms with van der Waals surface area (Å²) in [6, 6.07) is 14.4. The summed E-state index contributed by atoms with van der Waals surface area (Å²) in [6.07, 6.45) is 0.903. The number of anilines is 1. The molecule has 1 amide bonds. The van der Waals surface area contributed by atoms with Crippen LogP contribution in [-0.4, -0.2) is 36.7 Å². The van der Waals surface area contributed by atoms with E-state index in [2.05, 4.69) is 10.3 Å². The topological polar surface area (TPSA) is 79.4 Å². The first-order valence-electron chi connectivity index (χ1n) is 9.94. The lowest BCUT2D eigenvalue weighted by atomic mass is 9.97. The summed E-state index contributed by atoms with van der Waals surface area (Å²) in [5.41, 5.74) is 1.50. The molecule has 2 heterocycles. The molecule has 31 heavy (non-hydrogen) atoms. The third-order valence-corrected chi connectivity index (χ3v) is 8.15. The van der Waals surface area contributed by atoms with Crippen molar-refractivity contribution in [1.29, 1.82) is 0 Å². The zero-order valence-corrected chi connectivity index (χ0v) is 18.5. The molecule has 4 rings (SSSR count). The number of aryl methyl sites for hydroxylation is 1. The van der Waals surface area contributed by atoms with Gasteiger partial charge in [0.15, 0.2) is 5.13 Å². The number of hydrogen-bond donors (Lipinski definition) is 1. The number of halogens is 1. The van der Waals surface area contributed by atoms with Gasteiger partial charge in [-0.05, 0) is 56.2 Å². The number of thiazole rings is 1. The first-order chi connectivity index (χ1) is 14.8. The summed E-state index contributed by atoms with van der Waals surface area (Å²) < 4.78 is 40.1. The van der Waals surface area contributed by atoms with E-state index in [1.165, 1.54) is 27.8 Å². The number of carbonyl (C=O) groups excluding carboxylic acids is 1. The number of nitrogens with one attached hydrogen (secondary N) is 1. The van der Waals surface area contributed by atoms with Crippen molar-refractivity contribution in [2.24, 2.45) is 5.92 Å². The highest BCUT2D eigenvalue weighted by molar-refractivity contribution is 7.89. The summed E-state index contributed by atoms with van der Waals surface area (Å²) in [6.45, 7) is 2.50. The first kappa shape index (κ1) is 21.6. The largest absolute Gasteiger partial charge is 0.302 e. The molecule has 0 radical (unpaired) electrons. The van der Waals surface area contributed by atoms with Crippen molar-refractivity contribution in [3.63, 3.8) is 0 Å². The van der Waals surface area contributed by atoms with Crippen molar-refractivity contribution in [3.8, 4) is 11.3 Å². The highest BCUT2D eigenvalue weighted by Crippen LogP contribution is 2.31. The number of benzene rings is 2. The molecular weight excluding hydrogens is 437 g/mol. The number of hydrogen-bond acceptors (Lipinski definition) is 5. The van der Waals surface area contributed by atoms with E-state index < -0.39 is 10.0 Å². The van der Waals surface area contributed by atoms with Crippen molar-refractivity contribution in [1.82, 2.24) is 9.29 Å². The van der Waals surface area contributed by atoms with Gasteiger partial charge in [-0.2, -0.15) is 4.31 Å². The van der Waals surface area contributed by atoms with Crippen molar-refractivity contribution in [2.45, 2.75) is 24.7 Å². The number of amides is 1. The second-order valence-electron chi connectivity index (χ2n) is 7.41. The highest BCUT2D eigenvalue weighted by Gasteiger charge is 2.32. The zero-order valence-electron chi connectivity index (χ0n) is 16.9. The molecule has 3 aromatic rings. The Morgan fingerprint density at radius 1 is 1.10 bits per heavy atom. The molecule has 1 saturated heterocycles. The molecule has 1 aliphatic heterocycles. The molecule has 0 unspecified atom stereocenters. The maximum atomic E-state index is 13.2. The van der Waals surface area contributed by atoms with Gasteiger partial charge in [0.2, 0.25) is 15.9 Å². The van der Waals surface area contributed by atoms with Crippen molar-refractivity contribution in [3.05, 3.63) is 65.3 Å². The van der Waals surface area contributed by atoms with Gasteiger partial charge in [-0.15, -0.1) is 11.3 Å². The van der Waals surface area contributed by atoms with Gasteiger partial charge in [0.05, 0.1) is 10.6 Å². The van der Waals surface area contributed by atoms with E-state index in [9.17, 15) is 17.6 Å². The van der Waals surface area contributed by atoms with Crippen LogP contribution in [0.25, 0.3) is 11.3 Å². The van der Waals surface area contributed by atoms with Gasteiger partial charge in [0, 0.05) is 29.4 Å². The van der Waals surface area contributed by atoms with E-state index in [1.807, 2.05) is 6.92 Å². The molecule has 162 valence electrons. The summed E-state index contributed by atoms with van der Waals surface area (Å²) in [7, 11) is -3.54. The van der Waals surface area contributed by atoms with E-state index >= 15 is 0 Å². The van der Waals surface area contributed by atoms with Gasteiger partial charge in [0.1, 0.15) is 5.82 Å². The third kappa shape index (κ3) is 4.68. The fraction of sp³-hybridized carbons (Fsp3) is 0.273. The van der Waals surface area contributed by atoms with Crippen molar-refractivity contribution >= 4 is 32.4 Å². The maximum absolute atomic E-state index is 13.2. The van der Waals surface area contributed by atoms with Crippen LogP contribution in [0.5, 0.6) is 0 Å². The average Bonchev–Trinajstić information content (AvgIpc) is 3.14. The normalized spacial score (nSPS) is 15.7. The standard InChI is InChI=1S/C22H22FN3O3S2/c1-15-20(16-7-9-18(23)10-8-16)24-22(30-15)25-21(27)17-11-13-26(14-12-17)31(28,29)19-5-3-2-4-6-19/h2-10,17H,11-14H2,1H3,(H,24,25,27). The van der Waals surface area contributed by atoms with Crippen LogP contribution in [0.1, 0.15) is 17.7 Å². The summed E-state index contributed by atoms with van der Waals surface area (Å²) >= 11 is 1.36. The van der Waals surface area contributed by atoms with Crippen LogP contribution in [0.4, 0.5) is 9.52 Å². The minimum absolute atomic E-state index is 0.156. The zero-order chi connectivity index (χ0) is 22.0. The minimum atomic E-state index is -3.54. The number of aromatic nitrogens is 1. The van der Waals surface area contributed by atoms with E-state index in [-0.39, 0.29) is 22.5 Å². The van der Waals surface area contributed by atoms with E-state index in [0.29, 0.717) is 36.8 Å². The quantitative estimate of drug-likeness (QED) is 0.617. The Kier molecular flexibility index (Phi) is 6.17. The molecule has 0 aliphatic carbocycles. The summed E-state index contributed by atoms with van der Waals surface area (Å²) in [5.74, 6) is -0.748. The van der Waals surface area contributed by atoms with E-state index in [1.54, 1.807) is 42.5 Å². The van der Waals surface area contributed by atoms with Crippen LogP contribution in [0.2, 0.25) is 0 Å². The molecular formula is C22H22FN3O3S2. The van der Waals surface area contributed by atoms with Gasteiger partial charge < -0.3 is 5.32 Å². The van der Waals surface area contributed by atoms with E-state index in [4.69, 9.17) is 0 Å². The van der Waals surface area contributed by atoms with E-state index in [0.717, 1.165) is 10.4 Å². The van der Waals surface area contributed by atoms with Gasteiger partial charge in [-0.3, -0.25) is 4.79 Å². The van der Waals surface area contributed by atoms with Crippen molar-refractivity contribution < 1.29 is 17.6 Å². The second-order valence-corrected chi connectivity index (χ2v) is 10.6. The number of sulfonamides is 1. The minimum Gasteiger partial charge on any atom is -0.302 e. The fourth-order valence-electron chi connectivity index (χ4n) is 3.63. The number of piperidine rings is 1. The molecule has 0 bridgehead atoms. The Morgan fingerprint density at radius 2 is 1.74 bits per heavy atom. The molecule has 1 aromatic heterocycles. The number of nitrogens with zero attached hydrogens (tertiary/aromatic N) is 2. The SMILES string of the molecule is Cc1sc(NC(=O)C2CCN(S(=O)(=O)c3ccccc3)CC2)nc1-c1ccc(F)cc1. The van der Waals surface area contributed by atoms with Gasteiger partial charge >= 0.3 is 0 Å². The molecule has 0 atom stereocenters. The lowest BCUT2D eigenvalue weighted by Crippen LogP contribution is -2.41. The average molecular weight is 460 g/mol. The molecule has 0 spiro atoms. The van der Waals surface area contributed by atoms with Crippen LogP contribution >= 0.6 is 11.3 Å². The Balaban J connectivity index is 1.39. The van der Waals surface area contributed by atoms with Crippen LogP contribution < -0.4 is 5.32 Å². The van der Waals surface area contributed by atoms with Crippen molar-refractivity contribution in [2.75, 3.05) is 18.4 Å². The van der Waals surface area contributed by atoms with Gasteiger partial charge in [-0.1, -0.05) is 18.2 Å². The van der Waals surface area contributed by atoms with Crippen LogP contribution in [-0.2, 0) is 14.8 Å². The van der Waals surface area contributed by atoms with Gasteiger partial charge in [0.25, 0.3) is 0 Å². The summed E-state index contributed by atoms with van der Waals surface area (Å²) in [5, 5.41) is 3.35. The van der Waals surface area contributed by atoms with Gasteiger partial charge in [-0.25, -0.2) is 17.8 Å². The predicted molar refractivity (Wildman–Crippen MR) is 119 cm³/mol. The molecule has 2 aromatic carbocycles. The smallest absolute Gasteiger partial charge is 0.243 e. The lowest BCUT2D eigenvalue weighted by Gasteiger charge is -2.30. The number of carbonyl (C=O) groups is 1. The summed E-state index contributed by atoms with van der Waals surface area (Å²) in [4.78, 5) is 18.4. The Bertz CT molecular complexity index is 1170. The monoisotopic (exact) mass is 459 g/mol. The molecule has 9 heteroatoms. The third-order valence-electron chi connectivity index (χ3n) is 5.35.